The second-order valence-electron chi connectivity index (χ2n) is 3.82. The lowest BCUT2D eigenvalue weighted by atomic mass is 10.2. The molecule has 1 heterocycles. The van der Waals surface area contributed by atoms with Crippen molar-refractivity contribution in [2.75, 3.05) is 10.6 Å². The van der Waals surface area contributed by atoms with Gasteiger partial charge in [-0.2, -0.15) is 0 Å². The molecule has 0 unspecified atom stereocenters. The molecule has 1 aromatic carbocycles. The summed E-state index contributed by atoms with van der Waals surface area (Å²) in [4.78, 5) is 22.7. The molecule has 1 aromatic heterocycles. The van der Waals surface area contributed by atoms with Crippen LogP contribution >= 0.6 is 15.9 Å². The van der Waals surface area contributed by atoms with Gasteiger partial charge in [-0.1, -0.05) is 0 Å². The van der Waals surface area contributed by atoms with Crippen molar-refractivity contribution < 1.29 is 14.0 Å². The topological polar surface area (TPSA) is 71.3 Å². The largest absolute Gasteiger partial charge is 0.444 e. The molecule has 5 nitrogen and oxygen atoms in total. The Bertz CT molecular complexity index is 605. The van der Waals surface area contributed by atoms with Crippen molar-refractivity contribution >= 4 is 39.1 Å². The summed E-state index contributed by atoms with van der Waals surface area (Å²) >= 11 is 3.13. The van der Waals surface area contributed by atoms with Crippen molar-refractivity contribution in [3.8, 4) is 0 Å². The van der Waals surface area contributed by atoms with Crippen molar-refractivity contribution in [3.05, 3.63) is 46.8 Å². The molecule has 0 aliphatic carbocycles. The number of carbonyl (C=O) groups is 2. The Morgan fingerprint density at radius 3 is 2.05 bits per heavy atom. The lowest BCUT2D eigenvalue weighted by Crippen LogP contribution is -2.11. The molecule has 0 spiro atoms. The number of anilines is 2. The molecule has 0 radical (unpaired) electrons. The average molecular weight is 323 g/mol. The minimum atomic E-state index is -0.335. The van der Waals surface area contributed by atoms with Crippen LogP contribution in [0.5, 0.6) is 0 Å². The molecular weight excluding hydrogens is 312 g/mol. The van der Waals surface area contributed by atoms with Gasteiger partial charge in [0.1, 0.15) is 0 Å². The molecule has 2 rings (SSSR count). The normalized spacial score (nSPS) is 10.0. The number of amides is 2. The Morgan fingerprint density at radius 1 is 1.00 bits per heavy atom. The molecule has 0 aliphatic heterocycles. The second-order valence-corrected chi connectivity index (χ2v) is 4.60. The maximum atomic E-state index is 11.8. The fourth-order valence-corrected chi connectivity index (χ4v) is 1.78. The molecular formula is C13H11BrN2O3. The zero-order valence-corrected chi connectivity index (χ0v) is 11.7. The van der Waals surface area contributed by atoms with E-state index in [9.17, 15) is 9.59 Å². The van der Waals surface area contributed by atoms with Crippen molar-refractivity contribution in [1.29, 1.82) is 0 Å². The van der Waals surface area contributed by atoms with E-state index >= 15 is 0 Å². The molecule has 0 atom stereocenters. The molecule has 98 valence electrons. The molecule has 19 heavy (non-hydrogen) atoms. The lowest BCUT2D eigenvalue weighted by molar-refractivity contribution is -0.114. The number of nitrogens with one attached hydrogen (secondary N) is 2. The third-order valence-electron chi connectivity index (χ3n) is 2.26. The highest BCUT2D eigenvalue weighted by Crippen LogP contribution is 2.17. The third-order valence-corrected chi connectivity index (χ3v) is 2.69. The van der Waals surface area contributed by atoms with Gasteiger partial charge in [-0.25, -0.2) is 0 Å². The molecule has 2 amide bonds. The monoisotopic (exact) mass is 322 g/mol. The van der Waals surface area contributed by atoms with Crippen LogP contribution in [0.15, 0.2) is 45.5 Å². The fourth-order valence-electron chi connectivity index (χ4n) is 1.47. The van der Waals surface area contributed by atoms with Gasteiger partial charge in [0.15, 0.2) is 10.4 Å². The van der Waals surface area contributed by atoms with E-state index in [-0.39, 0.29) is 17.6 Å². The van der Waals surface area contributed by atoms with Crippen LogP contribution in [0, 0.1) is 0 Å². The molecule has 0 bridgehead atoms. The zero-order chi connectivity index (χ0) is 13.8. The minimum Gasteiger partial charge on any atom is -0.444 e. The van der Waals surface area contributed by atoms with Gasteiger partial charge in [-0.05, 0) is 52.3 Å². The molecule has 6 heteroatoms. The average Bonchev–Trinajstić information content (AvgIpc) is 2.78. The van der Waals surface area contributed by atoms with Crippen LogP contribution in [0.1, 0.15) is 17.5 Å². The maximum absolute atomic E-state index is 11.8. The smallest absolute Gasteiger partial charge is 0.291 e. The number of halogens is 1. The summed E-state index contributed by atoms with van der Waals surface area (Å²) in [5, 5.41) is 5.33. The van der Waals surface area contributed by atoms with E-state index in [0.29, 0.717) is 16.0 Å². The Balaban J connectivity index is 2.03. The Hall–Kier alpha value is -2.08. The second kappa shape index (κ2) is 5.71. The zero-order valence-electron chi connectivity index (χ0n) is 10.1. The molecule has 0 aliphatic rings. The van der Waals surface area contributed by atoms with E-state index in [2.05, 4.69) is 26.6 Å². The quantitative estimate of drug-likeness (QED) is 0.911. The van der Waals surface area contributed by atoms with Crippen LogP contribution in [0.4, 0.5) is 11.4 Å². The Morgan fingerprint density at radius 2 is 1.58 bits per heavy atom. The van der Waals surface area contributed by atoms with E-state index in [0.717, 1.165) is 0 Å². The molecule has 0 saturated carbocycles. The van der Waals surface area contributed by atoms with E-state index in [1.54, 1.807) is 36.4 Å². The highest BCUT2D eigenvalue weighted by atomic mass is 79.9. The van der Waals surface area contributed by atoms with E-state index in [1.807, 2.05) is 0 Å². The summed E-state index contributed by atoms with van der Waals surface area (Å²) in [5.41, 5.74) is 1.29. The Kier molecular flexibility index (Phi) is 4.01. The highest BCUT2D eigenvalue weighted by molar-refractivity contribution is 9.10. The summed E-state index contributed by atoms with van der Waals surface area (Å²) < 4.78 is 5.64. The number of benzene rings is 1. The van der Waals surface area contributed by atoms with Gasteiger partial charge in [0.2, 0.25) is 5.91 Å². The predicted octanol–water partition coefficient (Wildman–Crippen LogP) is 3.25. The van der Waals surface area contributed by atoms with Crippen molar-refractivity contribution in [3.63, 3.8) is 0 Å². The number of rotatable bonds is 3. The van der Waals surface area contributed by atoms with Crippen molar-refractivity contribution in [1.82, 2.24) is 0 Å². The summed E-state index contributed by atoms with van der Waals surface area (Å²) in [5.74, 6) is -0.256. The summed E-state index contributed by atoms with van der Waals surface area (Å²) in [6.45, 7) is 1.43. The van der Waals surface area contributed by atoms with Gasteiger partial charge in [0, 0.05) is 18.3 Å². The number of hydrogen-bond acceptors (Lipinski definition) is 3. The van der Waals surface area contributed by atoms with E-state index in [1.165, 1.54) is 6.92 Å². The minimum absolute atomic E-state index is 0.141. The van der Waals surface area contributed by atoms with Crippen LogP contribution in [-0.2, 0) is 4.79 Å². The maximum Gasteiger partial charge on any atom is 0.291 e. The predicted molar refractivity (Wildman–Crippen MR) is 75.1 cm³/mol. The highest BCUT2D eigenvalue weighted by Gasteiger charge is 2.10. The first-order valence-corrected chi connectivity index (χ1v) is 6.28. The van der Waals surface area contributed by atoms with Gasteiger partial charge < -0.3 is 15.1 Å². The summed E-state index contributed by atoms with van der Waals surface area (Å²) in [6, 6.07) is 10.0. The molecule has 0 saturated heterocycles. The van der Waals surface area contributed by atoms with Crippen molar-refractivity contribution in [2.24, 2.45) is 0 Å². The van der Waals surface area contributed by atoms with Crippen LogP contribution in [0.25, 0.3) is 0 Å². The van der Waals surface area contributed by atoms with E-state index < -0.39 is 0 Å². The first kappa shape index (κ1) is 13.4. The third kappa shape index (κ3) is 3.69. The van der Waals surface area contributed by atoms with Crippen LogP contribution in [-0.4, -0.2) is 11.8 Å². The lowest BCUT2D eigenvalue weighted by Gasteiger charge is -2.05. The number of carbonyl (C=O) groups excluding carboxylic acids is 2. The molecule has 2 N–H and O–H groups in total. The van der Waals surface area contributed by atoms with Crippen molar-refractivity contribution in [2.45, 2.75) is 6.92 Å². The van der Waals surface area contributed by atoms with Crippen LogP contribution in [0.3, 0.4) is 0 Å². The summed E-state index contributed by atoms with van der Waals surface area (Å²) in [6.07, 6.45) is 0. The fraction of sp³-hybridized carbons (Fsp3) is 0.0769. The molecule has 0 fully saturated rings. The molecule has 2 aromatic rings. The first-order chi connectivity index (χ1) is 9.04. The number of furan rings is 1. The van der Waals surface area contributed by atoms with Gasteiger partial charge in [0.05, 0.1) is 0 Å². The van der Waals surface area contributed by atoms with Gasteiger partial charge >= 0.3 is 0 Å². The van der Waals surface area contributed by atoms with Crippen LogP contribution in [0.2, 0.25) is 0 Å². The van der Waals surface area contributed by atoms with E-state index in [4.69, 9.17) is 4.42 Å². The first-order valence-electron chi connectivity index (χ1n) is 5.49. The Labute approximate surface area is 118 Å². The SMILES string of the molecule is CC(=O)Nc1ccc(NC(=O)c2ccc(Br)o2)cc1. The van der Waals surface area contributed by atoms with Gasteiger partial charge in [-0.3, -0.25) is 9.59 Å². The standard InChI is InChI=1S/C13H11BrN2O3/c1-8(17)15-9-2-4-10(5-3-9)16-13(18)11-6-7-12(14)19-11/h2-7H,1H3,(H,15,17)(H,16,18). The summed E-state index contributed by atoms with van der Waals surface area (Å²) in [7, 11) is 0. The van der Waals surface area contributed by atoms with Crippen LogP contribution < -0.4 is 10.6 Å². The van der Waals surface area contributed by atoms with Gasteiger partial charge in [-0.15, -0.1) is 0 Å². The number of hydrogen-bond donors (Lipinski definition) is 2. The van der Waals surface area contributed by atoms with Gasteiger partial charge in [0.25, 0.3) is 5.91 Å².